The van der Waals surface area contributed by atoms with Crippen LogP contribution < -0.4 is 10.2 Å². The molecule has 5 heteroatoms. The van der Waals surface area contributed by atoms with Gasteiger partial charge in [-0.3, -0.25) is 4.79 Å². The molecular weight excluding hydrogens is 326 g/mol. The monoisotopic (exact) mass is 359 g/mol. The van der Waals surface area contributed by atoms with E-state index in [4.69, 9.17) is 0 Å². The summed E-state index contributed by atoms with van der Waals surface area (Å²) in [7, 11) is 0. The summed E-state index contributed by atoms with van der Waals surface area (Å²) in [5.74, 6) is 0.669. The maximum absolute atomic E-state index is 12.4. The zero-order valence-electron chi connectivity index (χ0n) is 16.5. The Kier molecular flexibility index (Phi) is 7.95. The largest absolute Gasteiger partial charge is 0.368 e. The third-order valence-corrected chi connectivity index (χ3v) is 5.29. The van der Waals surface area contributed by atoms with Crippen LogP contribution in [0.2, 0.25) is 0 Å². The molecule has 0 saturated carbocycles. The number of hydrogen-bond acceptors (Lipinski definition) is 3. The van der Waals surface area contributed by atoms with Crippen molar-refractivity contribution in [3.63, 3.8) is 0 Å². The minimum absolute atomic E-state index is 0.0616. The summed E-state index contributed by atoms with van der Waals surface area (Å²) >= 11 is 0. The quantitative estimate of drug-likeness (QED) is 0.715. The first-order valence-corrected chi connectivity index (χ1v) is 9.93. The first-order valence-electron chi connectivity index (χ1n) is 9.93. The van der Waals surface area contributed by atoms with Crippen molar-refractivity contribution in [1.29, 1.82) is 0 Å². The van der Waals surface area contributed by atoms with Crippen LogP contribution in [-0.4, -0.2) is 49.4 Å². The van der Waals surface area contributed by atoms with Crippen LogP contribution in [0, 0.1) is 5.92 Å². The Morgan fingerprint density at radius 2 is 1.73 bits per heavy atom. The van der Waals surface area contributed by atoms with Gasteiger partial charge in [-0.05, 0) is 43.5 Å². The van der Waals surface area contributed by atoms with Crippen molar-refractivity contribution in [1.82, 2.24) is 10.2 Å². The molecule has 1 unspecified atom stereocenters. The molecule has 0 bridgehead atoms. The van der Waals surface area contributed by atoms with E-state index in [-0.39, 0.29) is 11.8 Å². The Labute approximate surface area is 157 Å². The topological polar surface area (TPSA) is 52.7 Å². The summed E-state index contributed by atoms with van der Waals surface area (Å²) < 4.78 is 0. The van der Waals surface area contributed by atoms with Crippen LogP contribution in [0.1, 0.15) is 56.8 Å². The number of ketones is 1. The molecule has 1 aliphatic rings. The molecule has 1 saturated heterocycles. The number of Topliss-reactive ketones (excluding diaryl/α,β-unsaturated/α-hetero) is 1. The Hall–Kier alpha value is -2.04. The average molecular weight is 360 g/mol. The summed E-state index contributed by atoms with van der Waals surface area (Å²) in [6.07, 6.45) is 4.75. The van der Waals surface area contributed by atoms with Gasteiger partial charge in [-0.2, -0.15) is 0 Å². The highest BCUT2D eigenvalue weighted by molar-refractivity contribution is 5.94. The SMILES string of the molecule is CCCCC(CC)CNC(=O)N1CCN(c2ccc(C(C)=O)cc2)CC1. The number of rotatable bonds is 8. The van der Waals surface area contributed by atoms with Gasteiger partial charge in [0.1, 0.15) is 0 Å². The van der Waals surface area contributed by atoms with Gasteiger partial charge >= 0.3 is 6.03 Å². The number of piperazine rings is 1. The van der Waals surface area contributed by atoms with Crippen LogP contribution in [0.15, 0.2) is 24.3 Å². The molecule has 1 aromatic carbocycles. The van der Waals surface area contributed by atoms with E-state index >= 15 is 0 Å². The molecule has 0 spiro atoms. The fraction of sp³-hybridized carbons (Fsp3) is 0.619. The van der Waals surface area contributed by atoms with Gasteiger partial charge in [0, 0.05) is 44.0 Å². The average Bonchev–Trinajstić information content (AvgIpc) is 2.68. The highest BCUT2D eigenvalue weighted by Crippen LogP contribution is 2.18. The number of anilines is 1. The van der Waals surface area contributed by atoms with Crippen molar-refractivity contribution in [2.24, 2.45) is 5.92 Å². The molecule has 2 amide bonds. The van der Waals surface area contributed by atoms with E-state index in [0.717, 1.165) is 50.4 Å². The normalized spacial score (nSPS) is 15.7. The smallest absolute Gasteiger partial charge is 0.317 e. The van der Waals surface area contributed by atoms with Crippen molar-refractivity contribution in [3.05, 3.63) is 29.8 Å². The molecule has 1 aliphatic heterocycles. The number of carbonyl (C=O) groups is 2. The van der Waals surface area contributed by atoms with Gasteiger partial charge < -0.3 is 15.1 Å². The molecule has 26 heavy (non-hydrogen) atoms. The highest BCUT2D eigenvalue weighted by atomic mass is 16.2. The van der Waals surface area contributed by atoms with Gasteiger partial charge in [0.25, 0.3) is 0 Å². The van der Waals surface area contributed by atoms with Gasteiger partial charge in [0.05, 0.1) is 0 Å². The van der Waals surface area contributed by atoms with E-state index in [2.05, 4.69) is 24.1 Å². The van der Waals surface area contributed by atoms with Crippen LogP contribution in [0.5, 0.6) is 0 Å². The molecule has 1 heterocycles. The minimum atomic E-state index is 0.0616. The number of unbranched alkanes of at least 4 members (excludes halogenated alkanes) is 1. The highest BCUT2D eigenvalue weighted by Gasteiger charge is 2.21. The number of carbonyl (C=O) groups excluding carboxylic acids is 2. The molecule has 0 aliphatic carbocycles. The van der Waals surface area contributed by atoms with Crippen molar-refractivity contribution >= 4 is 17.5 Å². The first-order chi connectivity index (χ1) is 12.5. The van der Waals surface area contributed by atoms with Crippen molar-refractivity contribution in [2.45, 2.75) is 46.5 Å². The van der Waals surface area contributed by atoms with Crippen molar-refractivity contribution < 1.29 is 9.59 Å². The van der Waals surface area contributed by atoms with Crippen LogP contribution in [0.3, 0.4) is 0 Å². The molecule has 1 aromatic rings. The van der Waals surface area contributed by atoms with E-state index in [1.807, 2.05) is 29.2 Å². The van der Waals surface area contributed by atoms with E-state index in [0.29, 0.717) is 5.92 Å². The lowest BCUT2D eigenvalue weighted by Crippen LogP contribution is -2.52. The third-order valence-electron chi connectivity index (χ3n) is 5.29. The van der Waals surface area contributed by atoms with Gasteiger partial charge in [-0.25, -0.2) is 4.79 Å². The molecule has 144 valence electrons. The van der Waals surface area contributed by atoms with Crippen LogP contribution in [-0.2, 0) is 0 Å². The second-order valence-electron chi connectivity index (χ2n) is 7.18. The van der Waals surface area contributed by atoms with Gasteiger partial charge in [0.2, 0.25) is 0 Å². The number of nitrogens with zero attached hydrogens (tertiary/aromatic N) is 2. The number of urea groups is 1. The zero-order valence-corrected chi connectivity index (χ0v) is 16.5. The predicted octanol–water partition coefficient (Wildman–Crippen LogP) is 3.94. The molecular formula is C21H33N3O2. The fourth-order valence-corrected chi connectivity index (χ4v) is 3.36. The van der Waals surface area contributed by atoms with E-state index in [9.17, 15) is 9.59 Å². The number of nitrogens with one attached hydrogen (secondary N) is 1. The lowest BCUT2D eigenvalue weighted by atomic mass is 9.99. The fourth-order valence-electron chi connectivity index (χ4n) is 3.36. The number of benzene rings is 1. The maximum Gasteiger partial charge on any atom is 0.317 e. The summed E-state index contributed by atoms with van der Waals surface area (Å²) in [6.45, 7) is 9.86. The molecule has 0 aromatic heterocycles. The van der Waals surface area contributed by atoms with Gasteiger partial charge in [-0.15, -0.1) is 0 Å². The van der Waals surface area contributed by atoms with Crippen LogP contribution in [0.25, 0.3) is 0 Å². The molecule has 0 radical (unpaired) electrons. The molecule has 5 nitrogen and oxygen atoms in total. The molecule has 1 N–H and O–H groups in total. The summed E-state index contributed by atoms with van der Waals surface area (Å²) in [5, 5.41) is 3.12. The Morgan fingerprint density at radius 3 is 2.27 bits per heavy atom. The van der Waals surface area contributed by atoms with E-state index < -0.39 is 0 Å². The number of amides is 2. The standard InChI is InChI=1S/C21H33N3O2/c1-4-6-7-18(5-2)16-22-21(26)24-14-12-23(13-15-24)20-10-8-19(9-11-20)17(3)25/h8-11,18H,4-7,12-16H2,1-3H3,(H,22,26). The van der Waals surface area contributed by atoms with Crippen LogP contribution in [0.4, 0.5) is 10.5 Å². The predicted molar refractivity (Wildman–Crippen MR) is 107 cm³/mol. The first kappa shape index (κ1) is 20.3. The maximum atomic E-state index is 12.4. The Morgan fingerprint density at radius 1 is 1.08 bits per heavy atom. The van der Waals surface area contributed by atoms with Gasteiger partial charge in [0.15, 0.2) is 5.78 Å². The Balaban J connectivity index is 1.78. The Bertz CT molecular complexity index is 577. The second-order valence-corrected chi connectivity index (χ2v) is 7.18. The summed E-state index contributed by atoms with van der Waals surface area (Å²) in [5.41, 5.74) is 1.85. The minimum Gasteiger partial charge on any atom is -0.368 e. The lowest BCUT2D eigenvalue weighted by Gasteiger charge is -2.36. The summed E-state index contributed by atoms with van der Waals surface area (Å²) in [6, 6.07) is 7.79. The third kappa shape index (κ3) is 5.75. The van der Waals surface area contributed by atoms with Crippen LogP contribution >= 0.6 is 0 Å². The molecule has 1 fully saturated rings. The lowest BCUT2D eigenvalue weighted by molar-refractivity contribution is 0.101. The number of hydrogen-bond donors (Lipinski definition) is 1. The van der Waals surface area contributed by atoms with E-state index in [1.54, 1.807) is 6.92 Å². The zero-order chi connectivity index (χ0) is 18.9. The molecule has 1 atom stereocenters. The second kappa shape index (κ2) is 10.2. The van der Waals surface area contributed by atoms with E-state index in [1.165, 1.54) is 19.3 Å². The summed E-state index contributed by atoms with van der Waals surface area (Å²) in [4.78, 5) is 28.0. The van der Waals surface area contributed by atoms with Crippen molar-refractivity contribution in [3.8, 4) is 0 Å². The van der Waals surface area contributed by atoms with Gasteiger partial charge in [-0.1, -0.05) is 33.1 Å². The molecule has 2 rings (SSSR count). The van der Waals surface area contributed by atoms with Crippen molar-refractivity contribution in [2.75, 3.05) is 37.6 Å².